The highest BCUT2D eigenvalue weighted by atomic mass is 35.5. The third-order valence-corrected chi connectivity index (χ3v) is 5.97. The first-order valence-corrected chi connectivity index (χ1v) is 10.4. The Bertz CT molecular complexity index is 1240. The molecule has 0 fully saturated rings. The third kappa shape index (κ3) is 3.75. The zero-order valence-corrected chi connectivity index (χ0v) is 18.7. The molecule has 3 aromatic carbocycles. The summed E-state index contributed by atoms with van der Waals surface area (Å²) in [4.78, 5) is 28.4. The van der Waals surface area contributed by atoms with E-state index in [4.69, 9.17) is 11.6 Å². The summed E-state index contributed by atoms with van der Waals surface area (Å²) in [7, 11) is 0. The normalized spacial score (nSPS) is 13.9. The number of aryl methyl sites for hydroxylation is 3. The van der Waals surface area contributed by atoms with Gasteiger partial charge in [0, 0.05) is 10.7 Å². The average Bonchev–Trinajstić information content (AvgIpc) is 2.98. The van der Waals surface area contributed by atoms with Gasteiger partial charge in [0.15, 0.2) is 0 Å². The first kappa shape index (κ1) is 20.9. The summed E-state index contributed by atoms with van der Waals surface area (Å²) in [5, 5.41) is 3.80. The van der Waals surface area contributed by atoms with E-state index in [1.54, 1.807) is 6.07 Å². The van der Waals surface area contributed by atoms with Gasteiger partial charge in [0.25, 0.3) is 11.8 Å². The molecule has 31 heavy (non-hydrogen) atoms. The molecule has 4 rings (SSSR count). The highest BCUT2D eigenvalue weighted by Gasteiger charge is 2.41. The second-order valence-electron chi connectivity index (χ2n) is 7.89. The fourth-order valence-electron chi connectivity index (χ4n) is 3.69. The van der Waals surface area contributed by atoms with Crippen molar-refractivity contribution in [2.24, 2.45) is 0 Å². The molecule has 0 bridgehead atoms. The van der Waals surface area contributed by atoms with Crippen LogP contribution in [0.2, 0.25) is 5.02 Å². The molecule has 0 radical (unpaired) electrons. The van der Waals surface area contributed by atoms with Crippen molar-refractivity contribution < 1.29 is 9.59 Å². The van der Waals surface area contributed by atoms with Gasteiger partial charge in [-0.05, 0) is 68.1 Å². The average molecular weight is 431 g/mol. The van der Waals surface area contributed by atoms with Crippen LogP contribution in [0.25, 0.3) is 5.57 Å². The molecular weight excluding hydrogens is 408 g/mol. The fourth-order valence-corrected chi connectivity index (χ4v) is 3.86. The maximum absolute atomic E-state index is 13.6. The first-order chi connectivity index (χ1) is 14.8. The molecular formula is C26H23ClN2O2. The minimum absolute atomic E-state index is 0.250. The minimum atomic E-state index is -0.381. The first-order valence-electron chi connectivity index (χ1n) is 10.1. The summed E-state index contributed by atoms with van der Waals surface area (Å²) in [6, 6.07) is 18.8. The Morgan fingerprint density at radius 1 is 0.806 bits per heavy atom. The van der Waals surface area contributed by atoms with Gasteiger partial charge < -0.3 is 5.32 Å². The molecule has 0 saturated heterocycles. The lowest BCUT2D eigenvalue weighted by Crippen LogP contribution is -2.33. The summed E-state index contributed by atoms with van der Waals surface area (Å²) >= 11 is 6.28. The Morgan fingerprint density at radius 3 is 2.19 bits per heavy atom. The number of carbonyl (C=O) groups is 2. The van der Waals surface area contributed by atoms with Crippen LogP contribution >= 0.6 is 11.6 Å². The van der Waals surface area contributed by atoms with Crippen LogP contribution in [0.3, 0.4) is 0 Å². The van der Waals surface area contributed by atoms with E-state index in [-0.39, 0.29) is 17.5 Å². The van der Waals surface area contributed by atoms with Gasteiger partial charge in [-0.15, -0.1) is 0 Å². The highest BCUT2D eigenvalue weighted by molar-refractivity contribution is 6.46. The van der Waals surface area contributed by atoms with E-state index in [2.05, 4.69) is 5.32 Å². The molecule has 156 valence electrons. The van der Waals surface area contributed by atoms with Crippen LogP contribution in [0.1, 0.15) is 27.8 Å². The van der Waals surface area contributed by atoms with Crippen LogP contribution in [-0.4, -0.2) is 11.8 Å². The predicted molar refractivity (Wildman–Crippen MR) is 126 cm³/mol. The summed E-state index contributed by atoms with van der Waals surface area (Å²) in [5.74, 6) is -0.724. The maximum Gasteiger partial charge on any atom is 0.282 e. The van der Waals surface area contributed by atoms with Crippen LogP contribution in [0.15, 0.2) is 66.4 Å². The zero-order chi connectivity index (χ0) is 22.3. The number of rotatable bonds is 4. The summed E-state index contributed by atoms with van der Waals surface area (Å²) < 4.78 is 0. The van der Waals surface area contributed by atoms with Crippen molar-refractivity contribution >= 4 is 40.4 Å². The molecule has 1 aliphatic rings. The monoisotopic (exact) mass is 430 g/mol. The number of hydrogen-bond acceptors (Lipinski definition) is 3. The largest absolute Gasteiger partial charge is 0.350 e. The molecule has 5 heteroatoms. The number of anilines is 2. The minimum Gasteiger partial charge on any atom is -0.350 e. The molecule has 0 aliphatic carbocycles. The summed E-state index contributed by atoms with van der Waals surface area (Å²) in [6.07, 6.45) is 0. The third-order valence-electron chi connectivity index (χ3n) is 5.56. The number of nitrogens with one attached hydrogen (secondary N) is 1. The van der Waals surface area contributed by atoms with E-state index in [0.717, 1.165) is 22.3 Å². The molecule has 1 heterocycles. The topological polar surface area (TPSA) is 49.4 Å². The zero-order valence-electron chi connectivity index (χ0n) is 17.9. The lowest BCUT2D eigenvalue weighted by atomic mass is 10.0. The molecule has 4 nitrogen and oxygen atoms in total. The van der Waals surface area contributed by atoms with Gasteiger partial charge in [0.2, 0.25) is 0 Å². The summed E-state index contributed by atoms with van der Waals surface area (Å²) in [5.41, 5.74) is 6.30. The molecule has 0 unspecified atom stereocenters. The SMILES string of the molecule is Cc1ccc(C2=C(Nc3cccc(Cl)c3C)C(=O)N(c3cc(C)ccc3C)C2=O)cc1. The second-order valence-corrected chi connectivity index (χ2v) is 8.30. The smallest absolute Gasteiger partial charge is 0.282 e. The van der Waals surface area contributed by atoms with E-state index in [1.807, 2.05) is 82.3 Å². The van der Waals surface area contributed by atoms with Gasteiger partial charge in [-0.2, -0.15) is 0 Å². The lowest BCUT2D eigenvalue weighted by Gasteiger charge is -2.18. The van der Waals surface area contributed by atoms with E-state index in [0.29, 0.717) is 27.5 Å². The number of benzene rings is 3. The van der Waals surface area contributed by atoms with Gasteiger partial charge >= 0.3 is 0 Å². The van der Waals surface area contributed by atoms with Crippen LogP contribution in [0.5, 0.6) is 0 Å². The Kier molecular flexibility index (Phi) is 5.42. The van der Waals surface area contributed by atoms with Crippen LogP contribution in [-0.2, 0) is 9.59 Å². The summed E-state index contributed by atoms with van der Waals surface area (Å²) in [6.45, 7) is 7.70. The van der Waals surface area contributed by atoms with Crippen molar-refractivity contribution in [1.82, 2.24) is 0 Å². The number of amides is 2. The predicted octanol–water partition coefficient (Wildman–Crippen LogP) is 5.97. The molecule has 1 aliphatic heterocycles. The van der Waals surface area contributed by atoms with Gasteiger partial charge in [0.1, 0.15) is 5.70 Å². The molecule has 3 aromatic rings. The Labute approximate surface area is 187 Å². The molecule has 0 spiro atoms. The van der Waals surface area contributed by atoms with Crippen molar-refractivity contribution in [2.75, 3.05) is 10.2 Å². The standard InChI is InChI=1S/C26H23ClN2O2/c1-15-9-12-19(13-10-15)23-24(28-21-7-5-6-20(27)18(21)4)26(31)29(25(23)30)22-14-16(2)8-11-17(22)3/h5-14,28H,1-4H3. The van der Waals surface area contributed by atoms with E-state index >= 15 is 0 Å². The van der Waals surface area contributed by atoms with Gasteiger partial charge in [0.05, 0.1) is 11.3 Å². The van der Waals surface area contributed by atoms with Crippen molar-refractivity contribution in [3.8, 4) is 0 Å². The van der Waals surface area contributed by atoms with Crippen molar-refractivity contribution in [2.45, 2.75) is 27.7 Å². The molecule has 1 N–H and O–H groups in total. The van der Waals surface area contributed by atoms with Gasteiger partial charge in [-0.3, -0.25) is 9.59 Å². The van der Waals surface area contributed by atoms with Crippen LogP contribution in [0.4, 0.5) is 11.4 Å². The lowest BCUT2D eigenvalue weighted by molar-refractivity contribution is -0.120. The van der Waals surface area contributed by atoms with Gasteiger partial charge in [-0.25, -0.2) is 4.90 Å². The number of halogens is 1. The quantitative estimate of drug-likeness (QED) is 0.518. The number of imide groups is 1. The van der Waals surface area contributed by atoms with E-state index < -0.39 is 0 Å². The molecule has 0 saturated carbocycles. The highest BCUT2D eigenvalue weighted by Crippen LogP contribution is 2.36. The van der Waals surface area contributed by atoms with E-state index in [1.165, 1.54) is 4.90 Å². The molecule has 0 aromatic heterocycles. The fraction of sp³-hybridized carbons (Fsp3) is 0.154. The van der Waals surface area contributed by atoms with E-state index in [9.17, 15) is 9.59 Å². The Hall–Kier alpha value is -3.37. The number of carbonyl (C=O) groups excluding carboxylic acids is 2. The van der Waals surface area contributed by atoms with Crippen LogP contribution in [0, 0.1) is 27.7 Å². The molecule has 0 atom stereocenters. The van der Waals surface area contributed by atoms with Crippen molar-refractivity contribution in [3.05, 3.63) is 99.2 Å². The Morgan fingerprint density at radius 2 is 1.48 bits per heavy atom. The Balaban J connectivity index is 1.88. The van der Waals surface area contributed by atoms with Crippen LogP contribution < -0.4 is 10.2 Å². The second kappa shape index (κ2) is 8.05. The number of nitrogens with zero attached hydrogens (tertiary/aromatic N) is 1. The number of hydrogen-bond donors (Lipinski definition) is 1. The maximum atomic E-state index is 13.6. The van der Waals surface area contributed by atoms with Crippen molar-refractivity contribution in [3.63, 3.8) is 0 Å². The van der Waals surface area contributed by atoms with Crippen molar-refractivity contribution in [1.29, 1.82) is 0 Å². The van der Waals surface area contributed by atoms with Gasteiger partial charge in [-0.1, -0.05) is 59.6 Å². The molecule has 2 amide bonds.